The van der Waals surface area contributed by atoms with E-state index in [1.165, 1.54) is 30.5 Å². The summed E-state index contributed by atoms with van der Waals surface area (Å²) in [6.07, 6.45) is 2.63. The first-order chi connectivity index (χ1) is 9.36. The summed E-state index contributed by atoms with van der Waals surface area (Å²) in [6, 6.07) is 22.9. The molecule has 1 nitrogen and oxygen atoms in total. The second-order valence-electron chi connectivity index (χ2n) is 5.45. The molecule has 1 saturated heterocycles. The predicted molar refractivity (Wildman–Crippen MR) is 80.1 cm³/mol. The first-order valence-electron chi connectivity index (χ1n) is 7.22. The van der Waals surface area contributed by atoms with Crippen LogP contribution in [-0.2, 0) is 0 Å². The van der Waals surface area contributed by atoms with Crippen LogP contribution >= 0.6 is 0 Å². The predicted octanol–water partition coefficient (Wildman–Crippen LogP) is 4.26. The van der Waals surface area contributed by atoms with Crippen LogP contribution < -0.4 is 0 Å². The van der Waals surface area contributed by atoms with Crippen molar-refractivity contribution in [3.63, 3.8) is 0 Å². The average Bonchev–Trinajstić information content (AvgIpc) is 2.88. The van der Waals surface area contributed by atoms with Gasteiger partial charge >= 0.3 is 0 Å². The zero-order valence-corrected chi connectivity index (χ0v) is 11.5. The van der Waals surface area contributed by atoms with Gasteiger partial charge < -0.3 is 0 Å². The SMILES string of the molecule is C[C@H]1CCCN1C(c1ccccc1)c1ccccc1. The Labute approximate surface area is 115 Å². The van der Waals surface area contributed by atoms with E-state index >= 15 is 0 Å². The maximum atomic E-state index is 2.64. The van der Waals surface area contributed by atoms with Gasteiger partial charge in [-0.05, 0) is 37.4 Å². The van der Waals surface area contributed by atoms with Crippen LogP contribution in [-0.4, -0.2) is 17.5 Å². The molecule has 0 radical (unpaired) electrons. The highest BCUT2D eigenvalue weighted by atomic mass is 15.2. The fourth-order valence-electron chi connectivity index (χ4n) is 3.19. The summed E-state index contributed by atoms with van der Waals surface area (Å²) in [5.74, 6) is 0. The fourth-order valence-corrected chi connectivity index (χ4v) is 3.19. The molecule has 1 aliphatic rings. The van der Waals surface area contributed by atoms with Gasteiger partial charge in [-0.3, -0.25) is 4.90 Å². The molecule has 1 fully saturated rings. The molecule has 0 N–H and O–H groups in total. The van der Waals surface area contributed by atoms with E-state index in [0.717, 1.165) is 0 Å². The van der Waals surface area contributed by atoms with Crippen molar-refractivity contribution in [2.75, 3.05) is 6.54 Å². The van der Waals surface area contributed by atoms with Crippen molar-refractivity contribution >= 4 is 0 Å². The van der Waals surface area contributed by atoms with E-state index in [2.05, 4.69) is 72.5 Å². The zero-order valence-electron chi connectivity index (χ0n) is 11.5. The van der Waals surface area contributed by atoms with E-state index in [0.29, 0.717) is 12.1 Å². The molecule has 1 heteroatoms. The molecule has 0 aromatic heterocycles. The molecular formula is C18H21N. The lowest BCUT2D eigenvalue weighted by atomic mass is 9.96. The van der Waals surface area contributed by atoms with Crippen molar-refractivity contribution < 1.29 is 0 Å². The van der Waals surface area contributed by atoms with Gasteiger partial charge in [0.15, 0.2) is 0 Å². The minimum Gasteiger partial charge on any atom is -0.290 e. The first-order valence-corrected chi connectivity index (χ1v) is 7.22. The lowest BCUT2D eigenvalue weighted by Crippen LogP contribution is -2.32. The molecule has 0 saturated carbocycles. The minimum atomic E-state index is 0.403. The van der Waals surface area contributed by atoms with Crippen molar-refractivity contribution in [1.82, 2.24) is 4.90 Å². The summed E-state index contributed by atoms with van der Waals surface area (Å²) in [7, 11) is 0. The summed E-state index contributed by atoms with van der Waals surface area (Å²) < 4.78 is 0. The Balaban J connectivity index is 2.01. The average molecular weight is 251 g/mol. The molecule has 1 heterocycles. The van der Waals surface area contributed by atoms with Gasteiger partial charge in [-0.2, -0.15) is 0 Å². The van der Waals surface area contributed by atoms with Crippen LogP contribution in [0.25, 0.3) is 0 Å². The maximum Gasteiger partial charge on any atom is 0.0604 e. The van der Waals surface area contributed by atoms with Crippen molar-refractivity contribution in [1.29, 1.82) is 0 Å². The molecule has 98 valence electrons. The quantitative estimate of drug-likeness (QED) is 0.788. The third kappa shape index (κ3) is 2.57. The van der Waals surface area contributed by atoms with Crippen LogP contribution in [0.3, 0.4) is 0 Å². The van der Waals surface area contributed by atoms with Crippen LogP contribution in [0.4, 0.5) is 0 Å². The van der Waals surface area contributed by atoms with Crippen molar-refractivity contribution in [3.05, 3.63) is 71.8 Å². The lowest BCUT2D eigenvalue weighted by Gasteiger charge is -2.32. The van der Waals surface area contributed by atoms with Crippen LogP contribution in [0.2, 0.25) is 0 Å². The van der Waals surface area contributed by atoms with Gasteiger partial charge in [0.25, 0.3) is 0 Å². The molecule has 0 amide bonds. The molecule has 3 rings (SSSR count). The molecule has 0 unspecified atom stereocenters. The second-order valence-corrected chi connectivity index (χ2v) is 5.45. The van der Waals surface area contributed by atoms with Gasteiger partial charge in [0, 0.05) is 6.04 Å². The standard InChI is InChI=1S/C18H21N/c1-15-9-8-14-19(15)18(16-10-4-2-5-11-16)17-12-6-3-7-13-17/h2-7,10-13,15,18H,8-9,14H2,1H3/t15-/m0/s1. The van der Waals surface area contributed by atoms with Gasteiger partial charge in [-0.15, -0.1) is 0 Å². The Morgan fingerprint density at radius 3 is 1.84 bits per heavy atom. The zero-order chi connectivity index (χ0) is 13.1. The Morgan fingerprint density at radius 2 is 1.42 bits per heavy atom. The maximum absolute atomic E-state index is 2.64. The number of hydrogen-bond acceptors (Lipinski definition) is 1. The Kier molecular flexibility index (Phi) is 3.65. The summed E-state index contributed by atoms with van der Waals surface area (Å²) in [6.45, 7) is 3.56. The molecule has 0 bridgehead atoms. The van der Waals surface area contributed by atoms with E-state index in [9.17, 15) is 0 Å². The highest BCUT2D eigenvalue weighted by Crippen LogP contribution is 2.34. The Bertz CT molecular complexity index is 466. The molecule has 0 aliphatic carbocycles. The smallest absolute Gasteiger partial charge is 0.0604 e. The highest BCUT2D eigenvalue weighted by Gasteiger charge is 2.29. The molecular weight excluding hydrogens is 230 g/mol. The third-order valence-electron chi connectivity index (χ3n) is 4.17. The third-order valence-corrected chi connectivity index (χ3v) is 4.17. The molecule has 2 aromatic carbocycles. The normalized spacial score (nSPS) is 20.0. The molecule has 2 aromatic rings. The highest BCUT2D eigenvalue weighted by molar-refractivity contribution is 5.32. The van der Waals surface area contributed by atoms with Gasteiger partial charge in [0.2, 0.25) is 0 Å². The summed E-state index contributed by atoms with van der Waals surface area (Å²) >= 11 is 0. The molecule has 19 heavy (non-hydrogen) atoms. The number of benzene rings is 2. The fraction of sp³-hybridized carbons (Fsp3) is 0.333. The van der Waals surface area contributed by atoms with Crippen LogP contribution in [0.15, 0.2) is 60.7 Å². The first kappa shape index (κ1) is 12.4. The summed E-state index contributed by atoms with van der Waals surface area (Å²) in [4.78, 5) is 2.64. The lowest BCUT2D eigenvalue weighted by molar-refractivity contribution is 0.219. The topological polar surface area (TPSA) is 3.24 Å². The largest absolute Gasteiger partial charge is 0.290 e. The van der Waals surface area contributed by atoms with Crippen molar-refractivity contribution in [2.24, 2.45) is 0 Å². The van der Waals surface area contributed by atoms with Crippen molar-refractivity contribution in [3.8, 4) is 0 Å². The number of rotatable bonds is 3. The van der Waals surface area contributed by atoms with E-state index in [1.54, 1.807) is 0 Å². The van der Waals surface area contributed by atoms with Gasteiger partial charge in [0.05, 0.1) is 6.04 Å². The Morgan fingerprint density at radius 1 is 0.895 bits per heavy atom. The van der Waals surface area contributed by atoms with E-state index in [4.69, 9.17) is 0 Å². The van der Waals surface area contributed by atoms with Crippen LogP contribution in [0.1, 0.15) is 36.9 Å². The monoisotopic (exact) mass is 251 g/mol. The molecule has 1 aliphatic heterocycles. The van der Waals surface area contributed by atoms with Crippen LogP contribution in [0.5, 0.6) is 0 Å². The minimum absolute atomic E-state index is 0.403. The van der Waals surface area contributed by atoms with E-state index in [1.807, 2.05) is 0 Å². The summed E-state index contributed by atoms with van der Waals surface area (Å²) in [5.41, 5.74) is 2.81. The van der Waals surface area contributed by atoms with Gasteiger partial charge in [-0.1, -0.05) is 60.7 Å². The Hall–Kier alpha value is -1.60. The number of nitrogens with zero attached hydrogens (tertiary/aromatic N) is 1. The molecule has 0 spiro atoms. The van der Waals surface area contributed by atoms with E-state index < -0.39 is 0 Å². The number of likely N-dealkylation sites (tertiary alicyclic amines) is 1. The number of hydrogen-bond donors (Lipinski definition) is 0. The van der Waals surface area contributed by atoms with Gasteiger partial charge in [-0.25, -0.2) is 0 Å². The van der Waals surface area contributed by atoms with Crippen LogP contribution in [0, 0.1) is 0 Å². The van der Waals surface area contributed by atoms with Gasteiger partial charge in [0.1, 0.15) is 0 Å². The second kappa shape index (κ2) is 5.58. The van der Waals surface area contributed by atoms with E-state index in [-0.39, 0.29) is 0 Å². The summed E-state index contributed by atoms with van der Waals surface area (Å²) in [5, 5.41) is 0. The van der Waals surface area contributed by atoms with Crippen molar-refractivity contribution in [2.45, 2.75) is 31.8 Å². The molecule has 1 atom stereocenters.